The maximum atomic E-state index is 13.6. The Kier molecular flexibility index (Phi) is 3.71. The SMILES string of the molecule is CCc1cnc(C(C)n2c(N)nc3cc(F)c(Br)cc32)s1. The summed E-state index contributed by atoms with van der Waals surface area (Å²) in [5, 5.41) is 0.971. The zero-order chi connectivity index (χ0) is 15.1. The predicted octanol–water partition coefficient (Wildman–Crippen LogP) is 4.15. The van der Waals surface area contributed by atoms with Gasteiger partial charge in [0.1, 0.15) is 10.8 Å². The average Bonchev–Trinajstić information content (AvgIpc) is 3.03. The van der Waals surface area contributed by atoms with Crippen LogP contribution in [0.2, 0.25) is 0 Å². The van der Waals surface area contributed by atoms with E-state index in [-0.39, 0.29) is 11.9 Å². The molecular weight excluding hydrogens is 355 g/mol. The number of fused-ring (bicyclic) bond motifs is 1. The van der Waals surface area contributed by atoms with Crippen molar-refractivity contribution >= 4 is 44.2 Å². The molecule has 21 heavy (non-hydrogen) atoms. The van der Waals surface area contributed by atoms with E-state index in [9.17, 15) is 4.39 Å². The number of aromatic nitrogens is 3. The fourth-order valence-electron chi connectivity index (χ4n) is 2.31. The molecule has 0 bridgehead atoms. The Balaban J connectivity index is 2.14. The summed E-state index contributed by atoms with van der Waals surface area (Å²) in [6, 6.07) is 3.05. The van der Waals surface area contributed by atoms with Gasteiger partial charge in [-0.3, -0.25) is 0 Å². The minimum absolute atomic E-state index is 0.0438. The number of benzene rings is 1. The van der Waals surface area contributed by atoms with Crippen LogP contribution in [0.3, 0.4) is 0 Å². The monoisotopic (exact) mass is 368 g/mol. The van der Waals surface area contributed by atoms with E-state index in [1.807, 2.05) is 17.7 Å². The molecule has 0 aliphatic rings. The predicted molar refractivity (Wildman–Crippen MR) is 87.1 cm³/mol. The van der Waals surface area contributed by atoms with Gasteiger partial charge in [-0.05, 0) is 35.3 Å². The highest BCUT2D eigenvalue weighted by molar-refractivity contribution is 9.10. The van der Waals surface area contributed by atoms with Crippen LogP contribution in [-0.2, 0) is 6.42 Å². The molecule has 2 heterocycles. The number of imidazole rings is 1. The summed E-state index contributed by atoms with van der Waals surface area (Å²) in [5.41, 5.74) is 7.36. The molecule has 0 aliphatic carbocycles. The Morgan fingerprint density at radius 3 is 2.90 bits per heavy atom. The van der Waals surface area contributed by atoms with Crippen LogP contribution >= 0.6 is 27.3 Å². The molecule has 0 amide bonds. The number of nitrogens with two attached hydrogens (primary N) is 1. The van der Waals surface area contributed by atoms with Gasteiger partial charge in [-0.15, -0.1) is 11.3 Å². The lowest BCUT2D eigenvalue weighted by Crippen LogP contribution is -2.09. The van der Waals surface area contributed by atoms with Crippen molar-refractivity contribution in [3.63, 3.8) is 0 Å². The Bertz CT molecular complexity index is 811. The smallest absolute Gasteiger partial charge is 0.201 e. The first-order valence-corrected chi connectivity index (χ1v) is 8.19. The molecule has 0 saturated carbocycles. The molecule has 2 N–H and O–H groups in total. The largest absolute Gasteiger partial charge is 0.369 e. The van der Waals surface area contributed by atoms with Crippen LogP contribution in [0.15, 0.2) is 22.8 Å². The lowest BCUT2D eigenvalue weighted by atomic mass is 10.2. The van der Waals surface area contributed by atoms with E-state index in [0.717, 1.165) is 16.9 Å². The number of anilines is 1. The van der Waals surface area contributed by atoms with Crippen molar-refractivity contribution in [2.24, 2.45) is 0 Å². The summed E-state index contributed by atoms with van der Waals surface area (Å²) in [6.45, 7) is 4.12. The molecule has 7 heteroatoms. The molecule has 1 aromatic carbocycles. The Morgan fingerprint density at radius 1 is 1.48 bits per heavy atom. The fourth-order valence-corrected chi connectivity index (χ4v) is 3.54. The highest BCUT2D eigenvalue weighted by Gasteiger charge is 2.19. The first-order chi connectivity index (χ1) is 10.0. The van der Waals surface area contributed by atoms with Gasteiger partial charge < -0.3 is 10.3 Å². The lowest BCUT2D eigenvalue weighted by Gasteiger charge is -2.13. The van der Waals surface area contributed by atoms with Gasteiger partial charge in [0.25, 0.3) is 0 Å². The van der Waals surface area contributed by atoms with Crippen molar-refractivity contribution < 1.29 is 4.39 Å². The molecule has 1 unspecified atom stereocenters. The number of nitrogen functional groups attached to an aromatic ring is 1. The second-order valence-electron chi connectivity index (χ2n) is 4.79. The van der Waals surface area contributed by atoms with Gasteiger partial charge in [0.15, 0.2) is 0 Å². The normalized spacial score (nSPS) is 13.0. The third-order valence-electron chi connectivity index (χ3n) is 3.42. The first kappa shape index (κ1) is 14.5. The maximum absolute atomic E-state index is 13.6. The zero-order valence-corrected chi connectivity index (χ0v) is 14.0. The number of hydrogen-bond donors (Lipinski definition) is 1. The third kappa shape index (κ3) is 2.44. The summed E-state index contributed by atoms with van der Waals surface area (Å²) < 4.78 is 15.9. The van der Waals surface area contributed by atoms with Gasteiger partial charge in [-0.25, -0.2) is 14.4 Å². The van der Waals surface area contributed by atoms with Crippen molar-refractivity contribution in [1.29, 1.82) is 0 Å². The number of rotatable bonds is 3. The number of nitrogens with zero attached hydrogens (tertiary/aromatic N) is 3. The molecule has 3 rings (SSSR count). The van der Waals surface area contributed by atoms with Crippen LogP contribution in [0, 0.1) is 5.82 Å². The van der Waals surface area contributed by atoms with Crippen molar-refractivity contribution in [2.75, 3.05) is 5.73 Å². The van der Waals surface area contributed by atoms with E-state index in [2.05, 4.69) is 32.8 Å². The molecule has 2 aromatic heterocycles. The van der Waals surface area contributed by atoms with Crippen molar-refractivity contribution in [3.8, 4) is 0 Å². The quantitative estimate of drug-likeness (QED) is 0.755. The zero-order valence-electron chi connectivity index (χ0n) is 11.6. The first-order valence-electron chi connectivity index (χ1n) is 6.58. The molecule has 3 aromatic rings. The van der Waals surface area contributed by atoms with Gasteiger partial charge in [0, 0.05) is 17.1 Å². The van der Waals surface area contributed by atoms with Gasteiger partial charge >= 0.3 is 0 Å². The summed E-state index contributed by atoms with van der Waals surface area (Å²) in [5.74, 6) is 0.0190. The van der Waals surface area contributed by atoms with Crippen molar-refractivity contribution in [2.45, 2.75) is 26.3 Å². The van der Waals surface area contributed by atoms with Crippen LogP contribution in [-0.4, -0.2) is 14.5 Å². The Labute approximate surface area is 134 Å². The van der Waals surface area contributed by atoms with Crippen LogP contribution in [0.4, 0.5) is 10.3 Å². The van der Waals surface area contributed by atoms with Crippen LogP contribution in [0.25, 0.3) is 11.0 Å². The van der Waals surface area contributed by atoms with Gasteiger partial charge in [0.2, 0.25) is 5.95 Å². The third-order valence-corrected chi connectivity index (χ3v) is 5.34. The minimum atomic E-state index is -0.345. The van der Waals surface area contributed by atoms with Crippen LogP contribution in [0.1, 0.15) is 29.8 Å². The molecular formula is C14H14BrFN4S. The van der Waals surface area contributed by atoms with Crippen molar-refractivity contribution in [1.82, 2.24) is 14.5 Å². The lowest BCUT2D eigenvalue weighted by molar-refractivity contribution is 0.622. The van der Waals surface area contributed by atoms with E-state index in [0.29, 0.717) is 15.9 Å². The Hall–Kier alpha value is -1.47. The van der Waals surface area contributed by atoms with Gasteiger partial charge in [-0.1, -0.05) is 6.92 Å². The second-order valence-corrected chi connectivity index (χ2v) is 6.79. The van der Waals surface area contributed by atoms with Crippen LogP contribution < -0.4 is 5.73 Å². The van der Waals surface area contributed by atoms with E-state index >= 15 is 0 Å². The molecule has 0 radical (unpaired) electrons. The highest BCUT2D eigenvalue weighted by atomic mass is 79.9. The molecule has 0 aliphatic heterocycles. The molecule has 0 spiro atoms. The van der Waals surface area contributed by atoms with E-state index in [1.54, 1.807) is 17.4 Å². The Morgan fingerprint density at radius 2 is 2.24 bits per heavy atom. The van der Waals surface area contributed by atoms with Gasteiger partial charge in [0.05, 0.1) is 21.5 Å². The molecule has 110 valence electrons. The minimum Gasteiger partial charge on any atom is -0.369 e. The maximum Gasteiger partial charge on any atom is 0.201 e. The second kappa shape index (κ2) is 5.38. The fraction of sp³-hybridized carbons (Fsp3) is 0.286. The topological polar surface area (TPSA) is 56.7 Å². The number of halogens is 2. The molecule has 1 atom stereocenters. The number of hydrogen-bond acceptors (Lipinski definition) is 4. The molecule has 0 fully saturated rings. The summed E-state index contributed by atoms with van der Waals surface area (Å²) in [6.07, 6.45) is 2.85. The summed E-state index contributed by atoms with van der Waals surface area (Å²) >= 11 is 4.87. The van der Waals surface area contributed by atoms with E-state index in [1.165, 1.54) is 10.9 Å². The van der Waals surface area contributed by atoms with E-state index < -0.39 is 0 Å². The summed E-state index contributed by atoms with van der Waals surface area (Å²) in [4.78, 5) is 9.93. The molecule has 0 saturated heterocycles. The standard InChI is InChI=1S/C14H14BrFN4S/c1-3-8-6-18-13(21-8)7(2)20-12-4-9(15)10(16)5-11(12)19-14(20)17/h4-7H,3H2,1-2H3,(H2,17,19). The summed E-state index contributed by atoms with van der Waals surface area (Å²) in [7, 11) is 0. The van der Waals surface area contributed by atoms with Gasteiger partial charge in [-0.2, -0.15) is 0 Å². The van der Waals surface area contributed by atoms with Crippen LogP contribution in [0.5, 0.6) is 0 Å². The highest BCUT2D eigenvalue weighted by Crippen LogP contribution is 2.32. The number of thiazole rings is 1. The average molecular weight is 369 g/mol. The van der Waals surface area contributed by atoms with Crippen molar-refractivity contribution in [3.05, 3.63) is 38.5 Å². The van der Waals surface area contributed by atoms with E-state index in [4.69, 9.17) is 5.73 Å². The number of aryl methyl sites for hydroxylation is 1. The molecule has 4 nitrogen and oxygen atoms in total.